The van der Waals surface area contributed by atoms with Crippen LogP contribution in [0.5, 0.6) is 11.6 Å². The number of amides is 1. The van der Waals surface area contributed by atoms with Crippen LogP contribution in [0.2, 0.25) is 10.0 Å². The number of benzene rings is 1. The van der Waals surface area contributed by atoms with Gasteiger partial charge in [0.05, 0.1) is 28.8 Å². The van der Waals surface area contributed by atoms with E-state index >= 15 is 0 Å². The van der Waals surface area contributed by atoms with Gasteiger partial charge in [0, 0.05) is 18.3 Å². The van der Waals surface area contributed by atoms with E-state index in [-0.39, 0.29) is 19.3 Å². The van der Waals surface area contributed by atoms with Gasteiger partial charge in [-0.2, -0.15) is 0 Å². The molecule has 1 saturated heterocycles. The Balaban J connectivity index is 1.46. The van der Waals surface area contributed by atoms with E-state index in [4.69, 9.17) is 42.1 Å². The molecule has 2 aliphatic rings. The zero-order valence-electron chi connectivity index (χ0n) is 22.2. The van der Waals surface area contributed by atoms with Crippen molar-refractivity contribution in [2.45, 2.75) is 64.6 Å². The molecule has 0 radical (unpaired) electrons. The molecule has 8 nitrogen and oxygen atoms in total. The number of carbonyl (C=O) groups is 2. The van der Waals surface area contributed by atoms with Gasteiger partial charge in [-0.3, -0.25) is 4.90 Å². The zero-order chi connectivity index (χ0) is 27.6. The first kappa shape index (κ1) is 28.0. The number of halogens is 2. The lowest BCUT2D eigenvalue weighted by Gasteiger charge is -2.37. The van der Waals surface area contributed by atoms with Gasteiger partial charge >= 0.3 is 12.1 Å². The molecule has 1 aromatic carbocycles. The normalized spacial score (nSPS) is 18.9. The Morgan fingerprint density at radius 3 is 2.37 bits per heavy atom. The van der Waals surface area contributed by atoms with Crippen molar-refractivity contribution in [1.29, 1.82) is 0 Å². The van der Waals surface area contributed by atoms with E-state index in [9.17, 15) is 9.59 Å². The number of ether oxygens (including phenoxy) is 4. The summed E-state index contributed by atoms with van der Waals surface area (Å²) in [6.07, 6.45) is 3.21. The quantitative estimate of drug-likeness (QED) is 0.291. The lowest BCUT2D eigenvalue weighted by atomic mass is 9.89. The molecular formula is C28H32Cl2N2O6. The highest BCUT2D eigenvalue weighted by Gasteiger charge is 2.48. The van der Waals surface area contributed by atoms with Gasteiger partial charge in [-0.1, -0.05) is 23.2 Å². The lowest BCUT2D eigenvalue weighted by molar-refractivity contribution is -0.136. The smallest absolute Gasteiger partial charge is 0.411 e. The molecule has 2 aromatic rings. The summed E-state index contributed by atoms with van der Waals surface area (Å²) in [6.45, 7) is 7.85. The summed E-state index contributed by atoms with van der Waals surface area (Å²) in [6, 6.07) is 6.70. The van der Waals surface area contributed by atoms with E-state index in [0.717, 1.165) is 23.1 Å². The van der Waals surface area contributed by atoms with Crippen LogP contribution >= 0.6 is 23.2 Å². The number of aromatic nitrogens is 1. The van der Waals surface area contributed by atoms with Crippen LogP contribution in [0.3, 0.4) is 0 Å². The molecule has 3 heterocycles. The van der Waals surface area contributed by atoms with Crippen LogP contribution in [0.25, 0.3) is 5.57 Å². The third-order valence-corrected chi connectivity index (χ3v) is 6.98. The standard InChI is InChI=1S/C28H32Cl2N2O6/c1-16-12-20(29)25(21(30)13-16)37-11-10-36-23-9-6-17(15-31-23)19-14-18-7-8-22(24(19)26(33)35-5)32(18)27(34)38-28(2,3)4/h6,9,12-13,15,18,22H,7-8,10-11,14H2,1-5H3/t18-,22+/m0/s1. The summed E-state index contributed by atoms with van der Waals surface area (Å²) in [5.41, 5.74) is 2.41. The van der Waals surface area contributed by atoms with Crippen LogP contribution in [0.4, 0.5) is 4.79 Å². The molecule has 10 heteroatoms. The third-order valence-electron chi connectivity index (χ3n) is 6.42. The van der Waals surface area contributed by atoms with Crippen molar-refractivity contribution in [2.24, 2.45) is 0 Å². The second-order valence-electron chi connectivity index (χ2n) is 10.4. The number of esters is 1. The molecule has 2 bridgehead atoms. The second kappa shape index (κ2) is 11.4. The van der Waals surface area contributed by atoms with Gasteiger partial charge in [0.25, 0.3) is 0 Å². The average Bonchev–Trinajstić information content (AvgIpc) is 3.15. The minimum Gasteiger partial charge on any atom is -0.487 e. The number of nitrogens with zero attached hydrogens (tertiary/aromatic N) is 2. The number of hydrogen-bond acceptors (Lipinski definition) is 7. The first-order chi connectivity index (χ1) is 18.0. The predicted molar refractivity (Wildman–Crippen MR) is 145 cm³/mol. The SMILES string of the molecule is COC(=O)C1=C(c2ccc(OCCOc3c(Cl)cc(C)cc3Cl)nc2)C[C@@H]2CC[C@H]1N2C(=O)OC(C)(C)C. The largest absolute Gasteiger partial charge is 0.487 e. The Bertz CT molecular complexity index is 1220. The summed E-state index contributed by atoms with van der Waals surface area (Å²) in [7, 11) is 1.35. The first-order valence-electron chi connectivity index (χ1n) is 12.5. The number of rotatable bonds is 7. The average molecular weight is 563 g/mol. The van der Waals surface area contributed by atoms with Crippen molar-refractivity contribution in [3.05, 3.63) is 57.2 Å². The maximum atomic E-state index is 13.0. The van der Waals surface area contributed by atoms with Crippen molar-refractivity contribution in [3.8, 4) is 11.6 Å². The summed E-state index contributed by atoms with van der Waals surface area (Å²) in [5.74, 6) is 0.373. The molecular weight excluding hydrogens is 531 g/mol. The molecule has 1 aromatic heterocycles. The van der Waals surface area contributed by atoms with Crippen LogP contribution in [0.15, 0.2) is 36.0 Å². The molecule has 0 N–H and O–H groups in total. The molecule has 0 aliphatic carbocycles. The summed E-state index contributed by atoms with van der Waals surface area (Å²) in [4.78, 5) is 32.0. The maximum absolute atomic E-state index is 13.0. The van der Waals surface area contributed by atoms with Crippen molar-refractivity contribution in [1.82, 2.24) is 9.88 Å². The van der Waals surface area contributed by atoms with Gasteiger partial charge in [0.15, 0.2) is 5.75 Å². The van der Waals surface area contributed by atoms with Crippen LogP contribution in [0.1, 0.15) is 51.2 Å². The Hall–Kier alpha value is -2.97. The zero-order valence-corrected chi connectivity index (χ0v) is 23.7. The predicted octanol–water partition coefficient (Wildman–Crippen LogP) is 6.25. The van der Waals surface area contributed by atoms with Crippen LogP contribution in [-0.4, -0.2) is 60.0 Å². The van der Waals surface area contributed by atoms with E-state index in [1.54, 1.807) is 29.3 Å². The molecule has 2 aliphatic heterocycles. The highest BCUT2D eigenvalue weighted by Crippen LogP contribution is 2.44. The Labute approximate surface area is 232 Å². The summed E-state index contributed by atoms with van der Waals surface area (Å²) >= 11 is 12.4. The van der Waals surface area contributed by atoms with Gasteiger partial charge in [0.1, 0.15) is 18.8 Å². The molecule has 38 heavy (non-hydrogen) atoms. The van der Waals surface area contributed by atoms with Gasteiger partial charge in [-0.05, 0) is 81.9 Å². The summed E-state index contributed by atoms with van der Waals surface area (Å²) in [5, 5.41) is 0.887. The molecule has 1 amide bonds. The molecule has 204 valence electrons. The van der Waals surface area contributed by atoms with Crippen molar-refractivity contribution in [3.63, 3.8) is 0 Å². The van der Waals surface area contributed by atoms with Crippen molar-refractivity contribution >= 4 is 40.8 Å². The maximum Gasteiger partial charge on any atom is 0.411 e. The first-order valence-corrected chi connectivity index (χ1v) is 13.2. The number of aryl methyl sites for hydroxylation is 1. The monoisotopic (exact) mass is 562 g/mol. The number of methoxy groups -OCH3 is 1. The highest BCUT2D eigenvalue weighted by atomic mass is 35.5. The van der Waals surface area contributed by atoms with Crippen molar-refractivity contribution in [2.75, 3.05) is 20.3 Å². The molecule has 4 rings (SSSR count). The highest BCUT2D eigenvalue weighted by molar-refractivity contribution is 6.37. The Morgan fingerprint density at radius 1 is 1.08 bits per heavy atom. The van der Waals surface area contributed by atoms with Crippen LogP contribution in [-0.2, 0) is 14.3 Å². The van der Waals surface area contributed by atoms with Gasteiger partial charge in [-0.25, -0.2) is 14.6 Å². The minimum absolute atomic E-state index is 0.0632. The number of carbonyl (C=O) groups excluding carboxylic acids is 2. The fourth-order valence-corrected chi connectivity index (χ4v) is 5.61. The molecule has 0 saturated carbocycles. The van der Waals surface area contributed by atoms with Gasteiger partial charge in [-0.15, -0.1) is 0 Å². The van der Waals surface area contributed by atoms with E-state index in [1.165, 1.54) is 7.11 Å². The molecule has 2 atom stereocenters. The van der Waals surface area contributed by atoms with Gasteiger partial charge in [0.2, 0.25) is 5.88 Å². The Kier molecular flexibility index (Phi) is 8.43. The molecule has 0 unspecified atom stereocenters. The lowest BCUT2D eigenvalue weighted by Crippen LogP contribution is -2.48. The van der Waals surface area contributed by atoms with Gasteiger partial charge < -0.3 is 18.9 Å². The second-order valence-corrected chi connectivity index (χ2v) is 11.2. The molecule has 1 fully saturated rings. The van der Waals surface area contributed by atoms with Crippen LogP contribution < -0.4 is 9.47 Å². The van der Waals surface area contributed by atoms with E-state index in [2.05, 4.69) is 4.98 Å². The van der Waals surface area contributed by atoms with E-state index in [0.29, 0.717) is 40.1 Å². The fourth-order valence-electron chi connectivity index (χ4n) is 4.91. The number of pyridine rings is 1. The van der Waals surface area contributed by atoms with Crippen molar-refractivity contribution < 1.29 is 28.5 Å². The van der Waals surface area contributed by atoms with E-state index < -0.39 is 23.7 Å². The topological polar surface area (TPSA) is 87.2 Å². The number of hydrogen-bond donors (Lipinski definition) is 0. The minimum atomic E-state index is -0.630. The molecule has 0 spiro atoms. The number of fused-ring (bicyclic) bond motifs is 2. The summed E-state index contributed by atoms with van der Waals surface area (Å²) < 4.78 is 22.2. The van der Waals surface area contributed by atoms with Crippen LogP contribution in [0, 0.1) is 6.92 Å². The fraction of sp³-hybridized carbons (Fsp3) is 0.464. The third kappa shape index (κ3) is 6.18. The Morgan fingerprint density at radius 2 is 1.76 bits per heavy atom. The van der Waals surface area contributed by atoms with E-state index in [1.807, 2.05) is 33.8 Å².